The first-order valence-electron chi connectivity index (χ1n) is 5.79. The minimum absolute atomic E-state index is 0.278. The van der Waals surface area contributed by atoms with Gasteiger partial charge in [-0.2, -0.15) is 0 Å². The summed E-state index contributed by atoms with van der Waals surface area (Å²) in [7, 11) is 0. The van der Waals surface area contributed by atoms with E-state index in [2.05, 4.69) is 5.32 Å². The number of ether oxygens (including phenoxy) is 1. The molecule has 19 heavy (non-hydrogen) atoms. The summed E-state index contributed by atoms with van der Waals surface area (Å²) in [6.07, 6.45) is -2.83. The maximum absolute atomic E-state index is 14.1. The van der Waals surface area contributed by atoms with Crippen LogP contribution in [0.5, 0.6) is 0 Å². The van der Waals surface area contributed by atoms with Gasteiger partial charge in [0, 0.05) is 12.7 Å². The van der Waals surface area contributed by atoms with Crippen LogP contribution < -0.4 is 16.8 Å². The van der Waals surface area contributed by atoms with Crippen molar-refractivity contribution in [3.8, 4) is 0 Å². The lowest BCUT2D eigenvalue weighted by molar-refractivity contribution is -0.126. The molecule has 2 heterocycles. The number of alkyl halides is 1. The highest BCUT2D eigenvalue weighted by atomic mass is 19.1. The van der Waals surface area contributed by atoms with Crippen LogP contribution in [0.25, 0.3) is 0 Å². The number of rotatable bonds is 3. The number of nitrogens with two attached hydrogens (primary N) is 2. The highest BCUT2D eigenvalue weighted by molar-refractivity contribution is 5.77. The maximum atomic E-state index is 14.1. The molecule has 0 saturated carbocycles. The largest absolute Gasteiger partial charge is 0.393 e. The Kier molecular flexibility index (Phi) is 3.74. The van der Waals surface area contributed by atoms with E-state index in [9.17, 15) is 19.4 Å². The Hall–Kier alpha value is -1.26. The van der Waals surface area contributed by atoms with Gasteiger partial charge < -0.3 is 31.7 Å². The monoisotopic (exact) mass is 276 g/mol. The number of nitrogens with zero attached hydrogens (tertiary/aromatic N) is 1. The van der Waals surface area contributed by atoms with E-state index in [-0.39, 0.29) is 6.54 Å². The average molecular weight is 276 g/mol. The van der Waals surface area contributed by atoms with Crippen molar-refractivity contribution in [2.75, 3.05) is 13.2 Å². The van der Waals surface area contributed by atoms with Gasteiger partial charge in [0.25, 0.3) is 0 Å². The molecule has 0 aliphatic carbocycles. The van der Waals surface area contributed by atoms with E-state index in [1.165, 1.54) is 12.3 Å². The Balaban J connectivity index is 2.23. The van der Waals surface area contributed by atoms with Crippen LogP contribution in [-0.4, -0.2) is 64.6 Å². The molecule has 1 fully saturated rings. The summed E-state index contributed by atoms with van der Waals surface area (Å²) in [5.74, 6) is 0. The van der Waals surface area contributed by atoms with Gasteiger partial charge in [-0.25, -0.2) is 9.18 Å². The van der Waals surface area contributed by atoms with Crippen molar-refractivity contribution in [1.29, 1.82) is 0 Å². The van der Waals surface area contributed by atoms with E-state index < -0.39 is 42.9 Å². The second-order valence-electron chi connectivity index (χ2n) is 4.55. The molecule has 7 N–H and O–H groups in total. The number of hydrogen-bond acceptors (Lipinski definition) is 6. The number of nitrogens with one attached hydrogen (secondary N) is 1. The first-order valence-corrected chi connectivity index (χ1v) is 5.79. The molecule has 8 nitrogen and oxygen atoms in total. The summed E-state index contributed by atoms with van der Waals surface area (Å²) in [6, 6.07) is -0.652. The molecule has 0 bridgehead atoms. The van der Waals surface area contributed by atoms with Gasteiger partial charge in [-0.1, -0.05) is 0 Å². The zero-order valence-corrected chi connectivity index (χ0v) is 10.1. The summed E-state index contributed by atoms with van der Waals surface area (Å²) in [5, 5.41) is 21.4. The first kappa shape index (κ1) is 14.2. The van der Waals surface area contributed by atoms with E-state index in [1.54, 1.807) is 0 Å². The van der Waals surface area contributed by atoms with E-state index >= 15 is 0 Å². The van der Waals surface area contributed by atoms with Crippen LogP contribution in [0.2, 0.25) is 0 Å². The van der Waals surface area contributed by atoms with Crippen molar-refractivity contribution >= 4 is 6.03 Å². The Labute approximate surface area is 108 Å². The fourth-order valence-corrected chi connectivity index (χ4v) is 2.11. The van der Waals surface area contributed by atoms with Crippen molar-refractivity contribution < 1.29 is 24.1 Å². The Bertz CT molecular complexity index is 390. The van der Waals surface area contributed by atoms with Crippen LogP contribution in [0.4, 0.5) is 9.18 Å². The molecular weight excluding hydrogens is 259 g/mol. The van der Waals surface area contributed by atoms with Crippen molar-refractivity contribution in [3.63, 3.8) is 0 Å². The Morgan fingerprint density at radius 2 is 2.32 bits per heavy atom. The summed E-state index contributed by atoms with van der Waals surface area (Å²) in [5.41, 5.74) is 9.26. The fourth-order valence-electron chi connectivity index (χ4n) is 2.11. The molecule has 2 aliphatic rings. The van der Waals surface area contributed by atoms with Crippen LogP contribution >= 0.6 is 0 Å². The second kappa shape index (κ2) is 5.02. The predicted molar refractivity (Wildman–Crippen MR) is 62.1 cm³/mol. The number of carbonyl (C=O) groups is 1. The summed E-state index contributed by atoms with van der Waals surface area (Å²) in [4.78, 5) is 12.6. The summed E-state index contributed by atoms with van der Waals surface area (Å²) >= 11 is 0. The third-order valence-electron chi connectivity index (χ3n) is 3.33. The van der Waals surface area contributed by atoms with Crippen LogP contribution in [0.1, 0.15) is 0 Å². The van der Waals surface area contributed by atoms with Gasteiger partial charge in [0.1, 0.15) is 11.7 Å². The molecule has 0 aromatic rings. The van der Waals surface area contributed by atoms with Gasteiger partial charge >= 0.3 is 6.03 Å². The summed E-state index contributed by atoms with van der Waals surface area (Å²) in [6.45, 7) is -0.930. The number of hydrogen-bond donors (Lipinski definition) is 5. The van der Waals surface area contributed by atoms with Crippen LogP contribution in [0, 0.1) is 0 Å². The molecule has 0 aromatic carbocycles. The lowest BCUT2D eigenvalue weighted by Gasteiger charge is -2.32. The van der Waals surface area contributed by atoms with E-state index in [1.807, 2.05) is 0 Å². The topological polar surface area (TPSA) is 134 Å². The van der Waals surface area contributed by atoms with Gasteiger partial charge in [-0.3, -0.25) is 4.90 Å². The highest BCUT2D eigenvalue weighted by Gasteiger charge is 2.56. The van der Waals surface area contributed by atoms with E-state index in [0.717, 1.165) is 4.90 Å². The molecule has 1 saturated heterocycles. The molecule has 1 unspecified atom stereocenters. The SMILES string of the molecule is NC[C@]1(CO)O[C@@H](N2C=CC(N)NC2=O)[C@H](F)[C@@H]1O. The average Bonchev–Trinajstić information content (AvgIpc) is 2.64. The smallest absolute Gasteiger partial charge is 0.325 e. The number of aliphatic hydroxyl groups is 2. The molecule has 2 rings (SSSR count). The molecular formula is C10H17FN4O4. The van der Waals surface area contributed by atoms with E-state index in [0.29, 0.717) is 0 Å². The first-order chi connectivity index (χ1) is 8.95. The lowest BCUT2D eigenvalue weighted by Crippen LogP contribution is -2.54. The summed E-state index contributed by atoms with van der Waals surface area (Å²) < 4.78 is 19.4. The van der Waals surface area contributed by atoms with E-state index in [4.69, 9.17) is 16.2 Å². The predicted octanol–water partition coefficient (Wildman–Crippen LogP) is -2.44. The van der Waals surface area contributed by atoms with Crippen molar-refractivity contribution in [1.82, 2.24) is 10.2 Å². The third kappa shape index (κ3) is 2.19. The number of carbonyl (C=O) groups excluding carboxylic acids is 1. The van der Waals surface area contributed by atoms with Crippen LogP contribution in [0.3, 0.4) is 0 Å². The molecule has 2 amide bonds. The molecule has 2 aliphatic heterocycles. The number of halogens is 1. The second-order valence-corrected chi connectivity index (χ2v) is 4.55. The van der Waals surface area contributed by atoms with Gasteiger partial charge in [-0.15, -0.1) is 0 Å². The van der Waals surface area contributed by atoms with Gasteiger partial charge in [0.2, 0.25) is 0 Å². The fraction of sp³-hybridized carbons (Fsp3) is 0.700. The lowest BCUT2D eigenvalue weighted by atomic mass is 9.97. The van der Waals surface area contributed by atoms with Crippen molar-refractivity contribution in [2.45, 2.75) is 30.3 Å². The van der Waals surface area contributed by atoms with Crippen molar-refractivity contribution in [3.05, 3.63) is 12.3 Å². The minimum atomic E-state index is -1.89. The van der Waals surface area contributed by atoms with Crippen molar-refractivity contribution in [2.24, 2.45) is 11.5 Å². The molecule has 9 heteroatoms. The van der Waals surface area contributed by atoms with Gasteiger partial charge in [0.15, 0.2) is 12.4 Å². The van der Waals surface area contributed by atoms with Gasteiger partial charge in [0.05, 0.1) is 12.8 Å². The van der Waals surface area contributed by atoms with Crippen LogP contribution in [0.15, 0.2) is 12.3 Å². The van der Waals surface area contributed by atoms with Crippen LogP contribution in [-0.2, 0) is 4.74 Å². The zero-order valence-electron chi connectivity index (χ0n) is 10.1. The molecule has 0 aromatic heterocycles. The highest BCUT2D eigenvalue weighted by Crippen LogP contribution is 2.34. The number of urea groups is 1. The standard InChI is InChI=1S/C10H17FN4O4/c11-6-7(17)10(3-12,4-16)19-8(6)15-2-1-5(13)14-9(15)18/h1-2,5-8,16-17H,3-4,12-13H2,(H,14,18)/t5?,6-,7+,8-,10-/m1/s1. The quantitative estimate of drug-likeness (QED) is 0.388. The zero-order chi connectivity index (χ0) is 14.2. The Morgan fingerprint density at radius 3 is 2.79 bits per heavy atom. The third-order valence-corrected chi connectivity index (χ3v) is 3.33. The molecule has 0 radical (unpaired) electrons. The number of amides is 2. The normalized spacial score (nSPS) is 42.6. The molecule has 0 spiro atoms. The Morgan fingerprint density at radius 1 is 1.63 bits per heavy atom. The molecule has 108 valence electrons. The van der Waals surface area contributed by atoms with Gasteiger partial charge in [-0.05, 0) is 6.08 Å². The minimum Gasteiger partial charge on any atom is -0.393 e. The number of aliphatic hydroxyl groups excluding tert-OH is 2. The molecule has 5 atom stereocenters. The maximum Gasteiger partial charge on any atom is 0.325 e.